The SMILES string of the molecule is CC(C)CNCc1coc(COCC2CCCCO2)c1. The van der Waals surface area contributed by atoms with E-state index >= 15 is 0 Å². The van der Waals surface area contributed by atoms with Crippen LogP contribution in [0.3, 0.4) is 0 Å². The first-order chi connectivity index (χ1) is 9.74. The van der Waals surface area contributed by atoms with Gasteiger partial charge in [0.15, 0.2) is 0 Å². The van der Waals surface area contributed by atoms with Crippen molar-refractivity contribution in [2.45, 2.75) is 52.4 Å². The zero-order chi connectivity index (χ0) is 14.2. The summed E-state index contributed by atoms with van der Waals surface area (Å²) in [5.74, 6) is 1.56. The van der Waals surface area contributed by atoms with Crippen LogP contribution in [0.5, 0.6) is 0 Å². The van der Waals surface area contributed by atoms with Crippen molar-refractivity contribution < 1.29 is 13.9 Å². The fourth-order valence-corrected chi connectivity index (χ4v) is 2.33. The molecule has 1 aliphatic rings. The molecule has 1 aliphatic heterocycles. The molecule has 1 N–H and O–H groups in total. The summed E-state index contributed by atoms with van der Waals surface area (Å²) in [4.78, 5) is 0. The van der Waals surface area contributed by atoms with Gasteiger partial charge in [0.1, 0.15) is 12.4 Å². The second-order valence-electron chi connectivity index (χ2n) is 5.95. The van der Waals surface area contributed by atoms with Gasteiger partial charge in [-0.2, -0.15) is 0 Å². The quantitative estimate of drug-likeness (QED) is 0.795. The van der Waals surface area contributed by atoms with Crippen LogP contribution in [0.25, 0.3) is 0 Å². The van der Waals surface area contributed by atoms with Gasteiger partial charge in [-0.05, 0) is 37.8 Å². The maximum Gasteiger partial charge on any atom is 0.129 e. The molecule has 2 rings (SSSR count). The minimum atomic E-state index is 0.269. The van der Waals surface area contributed by atoms with Gasteiger partial charge in [0, 0.05) is 18.7 Å². The van der Waals surface area contributed by atoms with E-state index in [2.05, 4.69) is 25.2 Å². The summed E-state index contributed by atoms with van der Waals surface area (Å²) in [7, 11) is 0. The van der Waals surface area contributed by atoms with Gasteiger partial charge in [-0.3, -0.25) is 0 Å². The highest BCUT2D eigenvalue weighted by Crippen LogP contribution is 2.14. The van der Waals surface area contributed by atoms with E-state index in [9.17, 15) is 0 Å². The third-order valence-corrected chi connectivity index (χ3v) is 3.41. The van der Waals surface area contributed by atoms with Crippen molar-refractivity contribution in [1.29, 1.82) is 0 Å². The largest absolute Gasteiger partial charge is 0.467 e. The molecule has 20 heavy (non-hydrogen) atoms. The van der Waals surface area contributed by atoms with Crippen LogP contribution in [0, 0.1) is 5.92 Å². The summed E-state index contributed by atoms with van der Waals surface area (Å²) < 4.78 is 16.8. The van der Waals surface area contributed by atoms with Gasteiger partial charge < -0.3 is 19.2 Å². The molecule has 1 aromatic heterocycles. The van der Waals surface area contributed by atoms with E-state index in [1.807, 2.05) is 6.26 Å². The van der Waals surface area contributed by atoms with E-state index in [1.165, 1.54) is 18.4 Å². The maximum absolute atomic E-state index is 5.68. The highest BCUT2D eigenvalue weighted by atomic mass is 16.5. The van der Waals surface area contributed by atoms with Gasteiger partial charge in [-0.15, -0.1) is 0 Å². The Hall–Kier alpha value is -0.840. The van der Waals surface area contributed by atoms with Crippen molar-refractivity contribution in [3.8, 4) is 0 Å². The molecule has 0 saturated carbocycles. The average Bonchev–Trinajstić information content (AvgIpc) is 2.87. The average molecular weight is 281 g/mol. The Morgan fingerprint density at radius 2 is 2.30 bits per heavy atom. The Morgan fingerprint density at radius 1 is 1.40 bits per heavy atom. The molecule has 1 fully saturated rings. The normalized spacial score (nSPS) is 19.6. The summed E-state index contributed by atoms with van der Waals surface area (Å²) in [5.41, 5.74) is 1.18. The summed E-state index contributed by atoms with van der Waals surface area (Å²) in [5, 5.41) is 3.40. The van der Waals surface area contributed by atoms with E-state index in [4.69, 9.17) is 13.9 Å². The summed E-state index contributed by atoms with van der Waals surface area (Å²) in [6.45, 7) is 8.36. The minimum Gasteiger partial charge on any atom is -0.467 e. The molecule has 0 amide bonds. The molecule has 0 aliphatic carbocycles. The fourth-order valence-electron chi connectivity index (χ4n) is 2.33. The van der Waals surface area contributed by atoms with Gasteiger partial charge in [0.05, 0.1) is 19.0 Å². The molecule has 0 spiro atoms. The Kier molecular flexibility index (Phi) is 6.57. The highest BCUT2D eigenvalue weighted by Gasteiger charge is 2.14. The molecule has 1 unspecified atom stereocenters. The molecule has 4 heteroatoms. The number of hydrogen-bond donors (Lipinski definition) is 1. The lowest BCUT2D eigenvalue weighted by atomic mass is 10.1. The van der Waals surface area contributed by atoms with E-state index in [-0.39, 0.29) is 6.10 Å². The van der Waals surface area contributed by atoms with Crippen LogP contribution in [-0.2, 0) is 22.6 Å². The molecular formula is C16H27NO3. The van der Waals surface area contributed by atoms with Crippen molar-refractivity contribution in [3.63, 3.8) is 0 Å². The Morgan fingerprint density at radius 3 is 3.05 bits per heavy atom. The first-order valence-electron chi connectivity index (χ1n) is 7.70. The first-order valence-corrected chi connectivity index (χ1v) is 7.70. The van der Waals surface area contributed by atoms with Crippen LogP contribution in [0.2, 0.25) is 0 Å². The van der Waals surface area contributed by atoms with Gasteiger partial charge >= 0.3 is 0 Å². The third kappa shape index (κ3) is 5.65. The van der Waals surface area contributed by atoms with Crippen LogP contribution in [-0.4, -0.2) is 25.9 Å². The lowest BCUT2D eigenvalue weighted by Gasteiger charge is -2.21. The fraction of sp³-hybridized carbons (Fsp3) is 0.750. The number of ether oxygens (including phenoxy) is 2. The molecular weight excluding hydrogens is 254 g/mol. The topological polar surface area (TPSA) is 43.6 Å². The first kappa shape index (κ1) is 15.5. The van der Waals surface area contributed by atoms with Crippen molar-refractivity contribution in [2.75, 3.05) is 19.8 Å². The molecule has 2 heterocycles. The Labute approximate surface area is 121 Å². The van der Waals surface area contributed by atoms with Crippen LogP contribution in [0.4, 0.5) is 0 Å². The molecule has 1 atom stereocenters. The van der Waals surface area contributed by atoms with Crippen LogP contribution in [0.15, 0.2) is 16.7 Å². The van der Waals surface area contributed by atoms with Crippen molar-refractivity contribution in [1.82, 2.24) is 5.32 Å². The predicted molar refractivity (Wildman–Crippen MR) is 78.5 cm³/mol. The standard InChI is InChI=1S/C16H27NO3/c1-13(2)8-17-9-14-7-16(20-10-14)12-18-11-15-5-3-4-6-19-15/h7,10,13,15,17H,3-6,8-9,11-12H2,1-2H3. The number of rotatable bonds is 8. The van der Waals surface area contributed by atoms with E-state index in [0.717, 1.165) is 31.9 Å². The number of nitrogens with one attached hydrogen (secondary N) is 1. The predicted octanol–water partition coefficient (Wildman–Crippen LogP) is 3.11. The van der Waals surface area contributed by atoms with Gasteiger partial charge in [-0.25, -0.2) is 0 Å². The smallest absolute Gasteiger partial charge is 0.129 e. The molecule has 1 aromatic rings. The zero-order valence-corrected chi connectivity index (χ0v) is 12.7. The van der Waals surface area contributed by atoms with Crippen molar-refractivity contribution >= 4 is 0 Å². The third-order valence-electron chi connectivity index (χ3n) is 3.41. The molecule has 0 bridgehead atoms. The summed E-state index contributed by atoms with van der Waals surface area (Å²) >= 11 is 0. The van der Waals surface area contributed by atoms with Crippen molar-refractivity contribution in [3.05, 3.63) is 23.7 Å². The second-order valence-corrected chi connectivity index (χ2v) is 5.95. The monoisotopic (exact) mass is 281 g/mol. The van der Waals surface area contributed by atoms with Crippen LogP contribution >= 0.6 is 0 Å². The van der Waals surface area contributed by atoms with Gasteiger partial charge in [0.25, 0.3) is 0 Å². The molecule has 1 saturated heterocycles. The molecule has 4 nitrogen and oxygen atoms in total. The summed E-state index contributed by atoms with van der Waals surface area (Å²) in [6, 6.07) is 2.06. The second kappa shape index (κ2) is 8.45. The van der Waals surface area contributed by atoms with E-state index in [0.29, 0.717) is 19.1 Å². The zero-order valence-electron chi connectivity index (χ0n) is 12.7. The van der Waals surface area contributed by atoms with Crippen LogP contribution < -0.4 is 5.32 Å². The summed E-state index contributed by atoms with van der Waals surface area (Å²) in [6.07, 6.45) is 5.62. The van der Waals surface area contributed by atoms with E-state index < -0.39 is 0 Å². The molecule has 0 radical (unpaired) electrons. The molecule has 114 valence electrons. The maximum atomic E-state index is 5.68. The highest BCUT2D eigenvalue weighted by molar-refractivity contribution is 5.12. The van der Waals surface area contributed by atoms with Crippen molar-refractivity contribution in [2.24, 2.45) is 5.92 Å². The lowest BCUT2D eigenvalue weighted by Crippen LogP contribution is -2.24. The van der Waals surface area contributed by atoms with Gasteiger partial charge in [-0.1, -0.05) is 13.8 Å². The minimum absolute atomic E-state index is 0.269. The van der Waals surface area contributed by atoms with Gasteiger partial charge in [0.2, 0.25) is 0 Å². The van der Waals surface area contributed by atoms with E-state index in [1.54, 1.807) is 0 Å². The number of furan rings is 1. The Bertz CT molecular complexity index is 370. The molecule has 0 aromatic carbocycles. The lowest BCUT2D eigenvalue weighted by molar-refractivity contribution is -0.0472. The van der Waals surface area contributed by atoms with Crippen LogP contribution in [0.1, 0.15) is 44.4 Å². The number of hydrogen-bond acceptors (Lipinski definition) is 4. The Balaban J connectivity index is 1.62.